The van der Waals surface area contributed by atoms with Crippen LogP contribution in [0.1, 0.15) is 22.5 Å². The second-order valence-electron chi connectivity index (χ2n) is 12.0. The molecule has 0 fully saturated rings. The Morgan fingerprint density at radius 3 is 1.12 bits per heavy atom. The van der Waals surface area contributed by atoms with E-state index in [-0.39, 0.29) is 33.7 Å². The highest BCUT2D eigenvalue weighted by molar-refractivity contribution is 6.19. The third-order valence-corrected chi connectivity index (χ3v) is 9.30. The summed E-state index contributed by atoms with van der Waals surface area (Å²) >= 11 is 0. The highest BCUT2D eigenvalue weighted by Crippen LogP contribution is 2.50. The van der Waals surface area contributed by atoms with Crippen LogP contribution in [0, 0.1) is 57.0 Å². The average molecular weight is 671 g/mol. The van der Waals surface area contributed by atoms with Crippen molar-refractivity contribution in [2.24, 2.45) is 0 Å². The molecule has 7 aromatic rings. The van der Waals surface area contributed by atoms with Crippen LogP contribution in [0.2, 0.25) is 0 Å². The van der Waals surface area contributed by atoms with Gasteiger partial charge < -0.3 is 0 Å². The molecule has 0 atom stereocenters. The van der Waals surface area contributed by atoms with Crippen molar-refractivity contribution in [2.45, 2.75) is 0 Å². The van der Waals surface area contributed by atoms with Gasteiger partial charge in [0, 0.05) is 33.4 Å². The van der Waals surface area contributed by atoms with E-state index in [1.54, 1.807) is 12.1 Å². The second-order valence-corrected chi connectivity index (χ2v) is 12.0. The minimum Gasteiger partial charge on any atom is -0.243 e. The summed E-state index contributed by atoms with van der Waals surface area (Å²) in [7, 11) is 0. The summed E-state index contributed by atoms with van der Waals surface area (Å²) in [6.07, 6.45) is 0. The van der Waals surface area contributed by atoms with Gasteiger partial charge in [0.1, 0.15) is 80.5 Å². The molecule has 0 bridgehead atoms. The molecule has 2 aliphatic rings. The van der Waals surface area contributed by atoms with Crippen LogP contribution in [0.3, 0.4) is 0 Å². The Labute approximate surface area is 293 Å². The smallest absolute Gasteiger partial charge is 0.139 e. The summed E-state index contributed by atoms with van der Waals surface area (Å²) in [5.74, 6) is -1.10. The molecule has 2 aliphatic carbocycles. The molecule has 0 N–H and O–H groups in total. The molecule has 0 unspecified atom stereocenters. The van der Waals surface area contributed by atoms with Crippen LogP contribution >= 0.6 is 0 Å². The fourth-order valence-corrected chi connectivity index (χ4v) is 7.17. The van der Waals surface area contributed by atoms with Crippen molar-refractivity contribution in [2.75, 3.05) is 0 Å². The summed E-state index contributed by atoms with van der Waals surface area (Å²) in [5, 5.41) is 40.0. The summed E-state index contributed by atoms with van der Waals surface area (Å²) in [6, 6.07) is 34.7. The van der Waals surface area contributed by atoms with Gasteiger partial charge in [-0.3, -0.25) is 0 Å². The molecule has 0 radical (unpaired) electrons. The zero-order chi connectivity index (χ0) is 35.7. The molecule has 2 heterocycles. The van der Waals surface area contributed by atoms with E-state index in [2.05, 4.69) is 0 Å². The number of halogens is 2. The van der Waals surface area contributed by atoms with Crippen molar-refractivity contribution in [3.63, 3.8) is 0 Å². The van der Waals surface area contributed by atoms with Crippen LogP contribution < -0.4 is 0 Å². The van der Waals surface area contributed by atoms with Crippen molar-refractivity contribution in [3.8, 4) is 69.0 Å². The number of hydrogen-bond acceptors (Lipinski definition) is 8. The zero-order valence-electron chi connectivity index (χ0n) is 26.6. The standard InChI is InChI=1S/C42H16F2N8/c43-25-11-13-27-29(15-25)32(24(19-47)20-48)38-35(27)49-39-33(21-7-3-1-4-8-21)41-40(34(42(39)52-38)22-9-5-2-6-10-22)50-36-28-14-12-26(44)16-30(28)31(37(36)51-41)23(17-45)18-46/h1-16H. The molecular weight excluding hydrogens is 655 g/mol. The summed E-state index contributed by atoms with van der Waals surface area (Å²) in [4.78, 5) is 20.7. The van der Waals surface area contributed by atoms with E-state index >= 15 is 0 Å². The lowest BCUT2D eigenvalue weighted by molar-refractivity contribution is 0.627. The van der Waals surface area contributed by atoms with Crippen LogP contribution in [0.4, 0.5) is 8.78 Å². The third kappa shape index (κ3) is 4.20. The molecule has 238 valence electrons. The molecule has 2 aromatic heterocycles. The Hall–Kier alpha value is -7.92. The molecule has 0 spiro atoms. The summed E-state index contributed by atoms with van der Waals surface area (Å²) < 4.78 is 29.5. The Kier molecular flexibility index (Phi) is 6.57. The van der Waals surface area contributed by atoms with E-state index in [1.807, 2.05) is 84.9 Å². The Balaban J connectivity index is 1.54. The molecule has 0 amide bonds. The SMILES string of the molecule is N#CC(C#N)=C1c2cc(F)ccc2-c2nc3c(-c4ccccc4)c4nc5c(nc4c(-c4ccccc4)c3nc21)-c1ccc(F)cc1C5=C(C#N)C#N. The van der Waals surface area contributed by atoms with Crippen molar-refractivity contribution in [1.82, 2.24) is 19.9 Å². The van der Waals surface area contributed by atoms with E-state index in [1.165, 1.54) is 24.3 Å². The molecular formula is C42H16F2N8. The first-order chi connectivity index (χ1) is 25.4. The normalized spacial score (nSPS) is 11.9. The van der Waals surface area contributed by atoms with Gasteiger partial charge in [-0.1, -0.05) is 60.7 Å². The largest absolute Gasteiger partial charge is 0.243 e. The van der Waals surface area contributed by atoms with Gasteiger partial charge in [0.05, 0.1) is 11.4 Å². The van der Waals surface area contributed by atoms with Crippen molar-refractivity contribution < 1.29 is 8.78 Å². The number of rotatable bonds is 2. The van der Waals surface area contributed by atoms with Gasteiger partial charge in [0.15, 0.2) is 0 Å². The first-order valence-electron chi connectivity index (χ1n) is 15.9. The Bertz CT molecular complexity index is 2770. The topological polar surface area (TPSA) is 147 Å². The second kappa shape index (κ2) is 11.3. The maximum atomic E-state index is 14.7. The number of hydrogen-bond donors (Lipinski definition) is 0. The monoisotopic (exact) mass is 670 g/mol. The van der Waals surface area contributed by atoms with Crippen LogP contribution in [-0.4, -0.2) is 19.9 Å². The third-order valence-electron chi connectivity index (χ3n) is 9.30. The minimum absolute atomic E-state index is 0.176. The molecule has 10 heteroatoms. The van der Waals surface area contributed by atoms with Gasteiger partial charge in [0.2, 0.25) is 0 Å². The van der Waals surface area contributed by atoms with Gasteiger partial charge in [-0.2, -0.15) is 21.0 Å². The first kappa shape index (κ1) is 30.2. The molecule has 52 heavy (non-hydrogen) atoms. The van der Waals surface area contributed by atoms with Crippen molar-refractivity contribution >= 4 is 33.2 Å². The van der Waals surface area contributed by atoms with Gasteiger partial charge >= 0.3 is 0 Å². The van der Waals surface area contributed by atoms with Gasteiger partial charge in [0.25, 0.3) is 0 Å². The number of allylic oxidation sites excluding steroid dienone is 2. The molecule has 9 rings (SSSR count). The molecule has 0 saturated heterocycles. The number of aromatic nitrogens is 4. The number of fused-ring (bicyclic) bond motifs is 8. The predicted molar refractivity (Wildman–Crippen MR) is 189 cm³/mol. The van der Waals surface area contributed by atoms with Crippen LogP contribution in [-0.2, 0) is 0 Å². The van der Waals surface area contributed by atoms with E-state index in [9.17, 15) is 29.8 Å². The van der Waals surface area contributed by atoms with Crippen LogP contribution in [0.5, 0.6) is 0 Å². The lowest BCUT2D eigenvalue weighted by atomic mass is 9.93. The van der Waals surface area contributed by atoms with E-state index in [0.29, 0.717) is 78.0 Å². The molecule has 0 saturated carbocycles. The lowest BCUT2D eigenvalue weighted by Crippen LogP contribution is -2.03. The average Bonchev–Trinajstić information content (AvgIpc) is 3.64. The maximum Gasteiger partial charge on any atom is 0.139 e. The predicted octanol–water partition coefficient (Wildman–Crippen LogP) is 8.84. The van der Waals surface area contributed by atoms with Gasteiger partial charge in [-0.15, -0.1) is 0 Å². The molecule has 5 aromatic carbocycles. The van der Waals surface area contributed by atoms with E-state index in [0.717, 1.165) is 0 Å². The number of nitrogens with zero attached hydrogens (tertiary/aromatic N) is 8. The molecule has 0 aliphatic heterocycles. The Morgan fingerprint density at radius 2 is 0.769 bits per heavy atom. The van der Waals surface area contributed by atoms with Crippen molar-refractivity contribution in [3.05, 3.63) is 142 Å². The fourth-order valence-electron chi connectivity index (χ4n) is 7.17. The van der Waals surface area contributed by atoms with E-state index in [4.69, 9.17) is 19.9 Å². The fraction of sp³-hybridized carbons (Fsp3) is 0. The van der Waals surface area contributed by atoms with E-state index < -0.39 is 11.6 Å². The number of benzene rings is 5. The lowest BCUT2D eigenvalue weighted by Gasteiger charge is -2.17. The quantitative estimate of drug-likeness (QED) is 0.131. The first-order valence-corrected chi connectivity index (χ1v) is 15.9. The van der Waals surface area contributed by atoms with Crippen LogP contribution in [0.15, 0.2) is 108 Å². The summed E-state index contributed by atoms with van der Waals surface area (Å²) in [6.45, 7) is 0. The highest BCUT2D eigenvalue weighted by atomic mass is 19.1. The highest BCUT2D eigenvalue weighted by Gasteiger charge is 2.35. The maximum absolute atomic E-state index is 14.7. The summed E-state index contributed by atoms with van der Waals surface area (Å²) in [5.41, 5.74) is 6.78. The molecule has 8 nitrogen and oxygen atoms in total. The minimum atomic E-state index is -0.550. The van der Waals surface area contributed by atoms with Crippen molar-refractivity contribution in [1.29, 1.82) is 21.0 Å². The van der Waals surface area contributed by atoms with Gasteiger partial charge in [-0.05, 0) is 58.7 Å². The number of nitriles is 4. The van der Waals surface area contributed by atoms with Crippen LogP contribution in [0.25, 0.3) is 78.0 Å². The zero-order valence-corrected chi connectivity index (χ0v) is 26.6. The Morgan fingerprint density at radius 1 is 0.423 bits per heavy atom. The van der Waals surface area contributed by atoms with Gasteiger partial charge in [-0.25, -0.2) is 28.7 Å².